The van der Waals surface area contributed by atoms with Gasteiger partial charge in [-0.2, -0.15) is 0 Å². The van der Waals surface area contributed by atoms with Gasteiger partial charge in [0.1, 0.15) is 11.6 Å². The number of H-pyrrole nitrogens is 1. The Morgan fingerprint density at radius 2 is 2.03 bits per heavy atom. The number of nitrogens with one attached hydrogen (secondary N) is 1. The molecule has 1 N–H and O–H groups in total. The number of hydrogen-bond donors (Lipinski definition) is 1. The zero-order valence-electron chi connectivity index (χ0n) is 19.9. The highest BCUT2D eigenvalue weighted by atomic mass is 35.5. The maximum Gasteiger partial charge on any atom is 0.173 e. The zero-order valence-corrected chi connectivity index (χ0v) is 20.7. The van der Waals surface area contributed by atoms with Crippen molar-refractivity contribution >= 4 is 22.6 Å². The molecule has 178 valence electrons. The summed E-state index contributed by atoms with van der Waals surface area (Å²) in [5.74, 6) is 1.48. The Hall–Kier alpha value is -2.99. The Kier molecular flexibility index (Phi) is 5.80. The molecule has 1 aromatic heterocycles. The number of aromatic amines is 1. The topological polar surface area (TPSA) is 50.4 Å². The number of benzene rings is 2. The zero-order chi connectivity index (χ0) is 24.0. The molecule has 7 heteroatoms. The summed E-state index contributed by atoms with van der Waals surface area (Å²) in [5, 5.41) is 0.698. The van der Waals surface area contributed by atoms with Gasteiger partial charge in [-0.05, 0) is 68.2 Å². The number of nitrogens with zero attached hydrogens (tertiary/aromatic N) is 2. The normalized spacial score (nSPS) is 22.9. The summed E-state index contributed by atoms with van der Waals surface area (Å²) in [6, 6.07) is 11.7. The molecule has 34 heavy (non-hydrogen) atoms. The molecule has 1 aliphatic heterocycles. The Morgan fingerprint density at radius 1 is 1.21 bits per heavy atom. The number of methoxy groups -OCH3 is 2. The van der Waals surface area contributed by atoms with Crippen molar-refractivity contribution in [3.05, 3.63) is 81.7 Å². The van der Waals surface area contributed by atoms with Crippen molar-refractivity contribution in [1.82, 2.24) is 14.9 Å². The van der Waals surface area contributed by atoms with Gasteiger partial charge in [0.25, 0.3) is 0 Å². The van der Waals surface area contributed by atoms with E-state index in [2.05, 4.69) is 16.8 Å². The number of fused-ring (bicyclic) bond motifs is 1. The lowest BCUT2D eigenvalue weighted by molar-refractivity contribution is 0.163. The van der Waals surface area contributed by atoms with Crippen LogP contribution < -0.4 is 4.74 Å². The van der Waals surface area contributed by atoms with Crippen LogP contribution in [0.25, 0.3) is 11.0 Å². The van der Waals surface area contributed by atoms with Gasteiger partial charge in [0.2, 0.25) is 0 Å². The Morgan fingerprint density at radius 3 is 2.79 bits per heavy atom. The molecular weight excluding hydrogens is 453 g/mol. The minimum atomic E-state index is -0.423. The summed E-state index contributed by atoms with van der Waals surface area (Å²) in [7, 11) is 3.18. The fourth-order valence-electron chi connectivity index (χ4n) is 5.37. The maximum atomic E-state index is 15.4. The molecule has 2 aromatic carbocycles. The fraction of sp³-hybridized carbons (Fsp3) is 0.370. The number of aromatic nitrogens is 2. The molecule has 5 rings (SSSR count). The molecular formula is C27H29ClFN3O2. The lowest BCUT2D eigenvalue weighted by atomic mass is 9.87. The third-order valence-corrected chi connectivity index (χ3v) is 7.69. The molecule has 0 amide bonds. The van der Waals surface area contributed by atoms with Gasteiger partial charge >= 0.3 is 0 Å². The molecule has 1 aliphatic carbocycles. The van der Waals surface area contributed by atoms with Gasteiger partial charge in [0.15, 0.2) is 11.6 Å². The van der Waals surface area contributed by atoms with Gasteiger partial charge in [-0.25, -0.2) is 9.37 Å². The Bertz CT molecular complexity index is 1310. The number of hydrogen-bond acceptors (Lipinski definition) is 4. The van der Waals surface area contributed by atoms with E-state index in [0.717, 1.165) is 58.8 Å². The van der Waals surface area contributed by atoms with Crippen LogP contribution in [0.3, 0.4) is 0 Å². The average Bonchev–Trinajstić information content (AvgIpc) is 3.46. The van der Waals surface area contributed by atoms with Crippen molar-refractivity contribution in [2.45, 2.75) is 44.6 Å². The minimum Gasteiger partial charge on any atom is -0.497 e. The van der Waals surface area contributed by atoms with Crippen LogP contribution in [0.15, 0.2) is 59.8 Å². The molecule has 5 nitrogen and oxygen atoms in total. The second-order valence-corrected chi connectivity index (χ2v) is 9.67. The van der Waals surface area contributed by atoms with E-state index in [1.807, 2.05) is 43.3 Å². The summed E-state index contributed by atoms with van der Waals surface area (Å²) < 4.78 is 26.4. The van der Waals surface area contributed by atoms with Crippen molar-refractivity contribution in [3.8, 4) is 5.75 Å². The highest BCUT2D eigenvalue weighted by Gasteiger charge is 2.44. The average molecular weight is 482 g/mol. The van der Waals surface area contributed by atoms with Crippen LogP contribution >= 0.6 is 11.6 Å². The monoisotopic (exact) mass is 481 g/mol. The van der Waals surface area contributed by atoms with E-state index < -0.39 is 5.54 Å². The number of aryl methyl sites for hydroxylation is 1. The molecule has 1 saturated heterocycles. The molecule has 0 spiro atoms. The standard InChI is InChI=1S/C27H29ClFN3O2/c1-16-20(28)9-10-22-24(16)31-26(30-22)27(2)11-6-12-32(27)23-15-18(14-21(29)25(23)34-4)17-7-5-8-19(13-17)33-3/h5,7-10,13-14,18H,6,11-12,15H2,1-4H3,(H,30,31)/t18?,27-/m0/s1. The molecule has 0 radical (unpaired) electrons. The number of ether oxygens (including phenoxy) is 2. The first kappa shape index (κ1) is 22.8. The summed E-state index contributed by atoms with van der Waals surface area (Å²) in [6.45, 7) is 4.95. The van der Waals surface area contributed by atoms with Crippen molar-refractivity contribution < 1.29 is 13.9 Å². The van der Waals surface area contributed by atoms with E-state index in [1.54, 1.807) is 13.2 Å². The third kappa shape index (κ3) is 3.65. The molecule has 2 aliphatic rings. The van der Waals surface area contributed by atoms with E-state index >= 15 is 4.39 Å². The highest BCUT2D eigenvalue weighted by Crippen LogP contribution is 2.47. The Labute approximate surface area is 204 Å². The number of allylic oxidation sites excluding steroid dienone is 3. The van der Waals surface area contributed by atoms with Crippen LogP contribution in [0.2, 0.25) is 5.02 Å². The van der Waals surface area contributed by atoms with Crippen LogP contribution in [0.5, 0.6) is 5.75 Å². The van der Waals surface area contributed by atoms with E-state index in [-0.39, 0.29) is 11.7 Å². The highest BCUT2D eigenvalue weighted by molar-refractivity contribution is 6.32. The number of halogens is 2. The second kappa shape index (κ2) is 8.66. The second-order valence-electron chi connectivity index (χ2n) is 9.26. The van der Waals surface area contributed by atoms with Crippen molar-refractivity contribution in [1.29, 1.82) is 0 Å². The molecule has 0 saturated carbocycles. The SMILES string of the molecule is COC1=C(N2CCC[C@@]2(C)c2nc3c(C)c(Cl)ccc3[nH]2)CC(c2cccc(OC)c2)C=C1F. The van der Waals surface area contributed by atoms with Crippen molar-refractivity contribution in [2.75, 3.05) is 20.8 Å². The summed E-state index contributed by atoms with van der Waals surface area (Å²) >= 11 is 6.35. The maximum absolute atomic E-state index is 15.4. The van der Waals surface area contributed by atoms with Gasteiger partial charge in [-0.3, -0.25) is 0 Å². The van der Waals surface area contributed by atoms with Crippen LogP contribution in [0.1, 0.15) is 49.1 Å². The third-order valence-electron chi connectivity index (χ3n) is 7.28. The minimum absolute atomic E-state index is 0.120. The summed E-state index contributed by atoms with van der Waals surface area (Å²) in [4.78, 5) is 10.8. The molecule has 2 atom stereocenters. The molecule has 1 unspecified atom stereocenters. The first-order valence-electron chi connectivity index (χ1n) is 11.6. The van der Waals surface area contributed by atoms with Gasteiger partial charge in [0.05, 0.1) is 36.5 Å². The van der Waals surface area contributed by atoms with Gasteiger partial charge in [0, 0.05) is 23.9 Å². The lowest BCUT2D eigenvalue weighted by Gasteiger charge is -2.40. The van der Waals surface area contributed by atoms with Gasteiger partial charge < -0.3 is 19.4 Å². The van der Waals surface area contributed by atoms with Crippen LogP contribution in [-0.2, 0) is 10.3 Å². The molecule has 0 bridgehead atoms. The first-order valence-corrected chi connectivity index (χ1v) is 11.9. The van der Waals surface area contributed by atoms with E-state index in [0.29, 0.717) is 17.2 Å². The van der Waals surface area contributed by atoms with E-state index in [4.69, 9.17) is 26.1 Å². The van der Waals surface area contributed by atoms with Gasteiger partial charge in [-0.15, -0.1) is 0 Å². The van der Waals surface area contributed by atoms with Crippen molar-refractivity contribution in [2.24, 2.45) is 0 Å². The number of rotatable bonds is 5. The number of likely N-dealkylation sites (tertiary alicyclic amines) is 1. The number of imidazole rings is 1. The quantitative estimate of drug-likeness (QED) is 0.438. The predicted octanol–water partition coefficient (Wildman–Crippen LogP) is 6.74. The first-order chi connectivity index (χ1) is 16.4. The smallest absolute Gasteiger partial charge is 0.173 e. The van der Waals surface area contributed by atoms with Crippen LogP contribution in [0, 0.1) is 6.92 Å². The molecule has 2 heterocycles. The van der Waals surface area contributed by atoms with Gasteiger partial charge in [-0.1, -0.05) is 23.7 Å². The summed E-state index contributed by atoms with van der Waals surface area (Å²) in [6.07, 6.45) is 4.15. The van der Waals surface area contributed by atoms with E-state index in [9.17, 15) is 0 Å². The van der Waals surface area contributed by atoms with Crippen LogP contribution in [0.4, 0.5) is 4.39 Å². The molecule has 1 fully saturated rings. The van der Waals surface area contributed by atoms with E-state index in [1.165, 1.54) is 7.11 Å². The summed E-state index contributed by atoms with van der Waals surface area (Å²) in [5.41, 5.74) is 4.24. The fourth-order valence-corrected chi connectivity index (χ4v) is 5.52. The molecule has 3 aromatic rings. The largest absolute Gasteiger partial charge is 0.497 e. The Balaban J connectivity index is 1.56. The van der Waals surface area contributed by atoms with Crippen molar-refractivity contribution in [3.63, 3.8) is 0 Å². The van der Waals surface area contributed by atoms with Crippen LogP contribution in [-0.4, -0.2) is 35.6 Å². The predicted molar refractivity (Wildman–Crippen MR) is 133 cm³/mol. The lowest BCUT2D eigenvalue weighted by Crippen LogP contribution is -2.40.